The molecule has 0 aliphatic carbocycles. The van der Waals surface area contributed by atoms with Gasteiger partial charge in [-0.2, -0.15) is 0 Å². The van der Waals surface area contributed by atoms with Gasteiger partial charge < -0.3 is 10.6 Å². The summed E-state index contributed by atoms with van der Waals surface area (Å²) in [5.74, 6) is -1.30. The molecule has 1 rings (SSSR count). The average Bonchev–Trinajstić information content (AvgIpc) is 2.33. The van der Waals surface area contributed by atoms with Crippen LogP contribution in [0, 0.1) is 5.82 Å². The minimum absolute atomic E-state index is 0.138. The summed E-state index contributed by atoms with van der Waals surface area (Å²) >= 11 is 5.24. The monoisotopic (exact) mass is 258 g/mol. The zero-order chi connectivity index (χ0) is 12.7. The van der Waals surface area contributed by atoms with Crippen LogP contribution in [0.2, 0.25) is 0 Å². The van der Waals surface area contributed by atoms with Crippen molar-refractivity contribution in [2.24, 2.45) is 0 Å². The molecule has 0 radical (unpaired) electrons. The summed E-state index contributed by atoms with van der Waals surface area (Å²) in [4.78, 5) is 22.0. The van der Waals surface area contributed by atoms with Crippen LogP contribution in [0.5, 0.6) is 0 Å². The molecule has 0 aliphatic rings. The molecule has 0 saturated carbocycles. The number of amides is 2. The van der Waals surface area contributed by atoms with Crippen LogP contribution >= 0.6 is 11.6 Å². The predicted octanol–water partition coefficient (Wildman–Crippen LogP) is 0.797. The van der Waals surface area contributed by atoms with Gasteiger partial charge in [-0.25, -0.2) is 4.39 Å². The van der Waals surface area contributed by atoms with E-state index in [-0.39, 0.29) is 30.7 Å². The molecular weight excluding hydrogens is 247 g/mol. The van der Waals surface area contributed by atoms with Crippen LogP contribution in [0.25, 0.3) is 0 Å². The maximum Gasteiger partial charge on any atom is 0.239 e. The number of benzene rings is 1. The minimum Gasteiger partial charge on any atom is -0.350 e. The Bertz CT molecular complexity index is 412. The Hall–Kier alpha value is -1.62. The molecule has 1 aromatic carbocycles. The minimum atomic E-state index is -0.410. The van der Waals surface area contributed by atoms with Crippen LogP contribution in [0.4, 0.5) is 4.39 Å². The lowest BCUT2D eigenvalue weighted by atomic mass is 10.2. The van der Waals surface area contributed by atoms with E-state index in [1.807, 2.05) is 0 Å². The molecule has 0 bridgehead atoms. The van der Waals surface area contributed by atoms with Gasteiger partial charge in [0.05, 0.1) is 6.54 Å². The van der Waals surface area contributed by atoms with E-state index < -0.39 is 5.91 Å². The van der Waals surface area contributed by atoms with E-state index in [9.17, 15) is 14.0 Å². The molecule has 0 spiro atoms. The fourth-order valence-electron chi connectivity index (χ4n) is 1.14. The van der Waals surface area contributed by atoms with Crippen molar-refractivity contribution in [2.45, 2.75) is 6.54 Å². The van der Waals surface area contributed by atoms with Gasteiger partial charge in [0.2, 0.25) is 11.8 Å². The fourth-order valence-corrected chi connectivity index (χ4v) is 1.23. The van der Waals surface area contributed by atoms with Gasteiger partial charge >= 0.3 is 0 Å². The Morgan fingerprint density at radius 1 is 1.24 bits per heavy atom. The smallest absolute Gasteiger partial charge is 0.239 e. The first-order chi connectivity index (χ1) is 8.11. The van der Waals surface area contributed by atoms with Crippen molar-refractivity contribution in [2.75, 3.05) is 12.4 Å². The van der Waals surface area contributed by atoms with E-state index in [1.165, 1.54) is 12.1 Å². The fraction of sp³-hybridized carbons (Fsp3) is 0.273. The van der Waals surface area contributed by atoms with Crippen LogP contribution < -0.4 is 10.6 Å². The van der Waals surface area contributed by atoms with E-state index in [1.54, 1.807) is 12.1 Å². The average molecular weight is 259 g/mol. The summed E-state index contributed by atoms with van der Waals surface area (Å²) in [5, 5.41) is 4.86. The van der Waals surface area contributed by atoms with Crippen LogP contribution in [0.15, 0.2) is 24.3 Å². The maximum absolute atomic E-state index is 12.8. The first kappa shape index (κ1) is 13.4. The molecule has 1 aromatic rings. The van der Waals surface area contributed by atoms with Gasteiger partial charge in [0.15, 0.2) is 0 Å². The highest BCUT2D eigenvalue weighted by Gasteiger charge is 2.04. The quantitative estimate of drug-likeness (QED) is 0.768. The third-order valence-corrected chi connectivity index (χ3v) is 2.19. The Balaban J connectivity index is 2.31. The molecule has 0 fully saturated rings. The van der Waals surface area contributed by atoms with E-state index in [2.05, 4.69) is 10.6 Å². The SMILES string of the molecule is O=C(CCl)NCC(=O)NCc1cccc(F)c1. The molecule has 0 aliphatic heterocycles. The van der Waals surface area contributed by atoms with Gasteiger partial charge in [-0.3, -0.25) is 9.59 Å². The Morgan fingerprint density at radius 2 is 2.00 bits per heavy atom. The van der Waals surface area contributed by atoms with Crippen molar-refractivity contribution in [1.82, 2.24) is 10.6 Å². The van der Waals surface area contributed by atoms with E-state index in [0.717, 1.165) is 0 Å². The normalized spacial score (nSPS) is 9.76. The van der Waals surface area contributed by atoms with Gasteiger partial charge in [0.25, 0.3) is 0 Å². The summed E-state index contributed by atoms with van der Waals surface area (Å²) in [6.07, 6.45) is 0. The van der Waals surface area contributed by atoms with Crippen molar-refractivity contribution >= 4 is 23.4 Å². The molecule has 2 amide bonds. The summed E-state index contributed by atoms with van der Waals surface area (Å²) < 4.78 is 12.8. The van der Waals surface area contributed by atoms with E-state index >= 15 is 0 Å². The second kappa shape index (κ2) is 6.85. The van der Waals surface area contributed by atoms with Crippen molar-refractivity contribution in [3.63, 3.8) is 0 Å². The Kier molecular flexibility index (Phi) is 5.42. The first-order valence-corrected chi connectivity index (χ1v) is 5.49. The van der Waals surface area contributed by atoms with Crippen LogP contribution in [-0.4, -0.2) is 24.2 Å². The molecule has 2 N–H and O–H groups in total. The molecule has 0 heterocycles. The highest BCUT2D eigenvalue weighted by Crippen LogP contribution is 2.02. The number of hydrogen-bond acceptors (Lipinski definition) is 2. The standard InChI is InChI=1S/C11H12ClFN2O2/c12-5-10(16)15-7-11(17)14-6-8-2-1-3-9(13)4-8/h1-4H,5-7H2,(H,14,17)(H,15,16). The van der Waals surface area contributed by atoms with E-state index in [4.69, 9.17) is 11.6 Å². The predicted molar refractivity (Wildman–Crippen MR) is 62.0 cm³/mol. The summed E-state index contributed by atoms with van der Waals surface area (Å²) in [6, 6.07) is 5.91. The maximum atomic E-state index is 12.8. The number of halogens is 2. The first-order valence-electron chi connectivity index (χ1n) is 4.95. The Morgan fingerprint density at radius 3 is 2.65 bits per heavy atom. The van der Waals surface area contributed by atoms with Gasteiger partial charge in [0.1, 0.15) is 11.7 Å². The number of carbonyl (C=O) groups is 2. The lowest BCUT2D eigenvalue weighted by molar-refractivity contribution is -0.124. The molecular formula is C11H12ClFN2O2. The summed E-state index contributed by atoms with van der Waals surface area (Å²) in [5.41, 5.74) is 0.655. The highest BCUT2D eigenvalue weighted by molar-refractivity contribution is 6.27. The van der Waals surface area contributed by atoms with Crippen LogP contribution in [-0.2, 0) is 16.1 Å². The molecule has 0 aromatic heterocycles. The van der Waals surface area contributed by atoms with Crippen molar-refractivity contribution in [3.8, 4) is 0 Å². The Labute approximate surface area is 103 Å². The van der Waals surface area contributed by atoms with Gasteiger partial charge in [0, 0.05) is 6.54 Å². The summed E-state index contributed by atoms with van der Waals surface area (Å²) in [7, 11) is 0. The molecule has 0 unspecified atom stereocenters. The number of nitrogens with one attached hydrogen (secondary N) is 2. The second-order valence-corrected chi connectivity index (χ2v) is 3.58. The molecule has 4 nitrogen and oxygen atoms in total. The molecule has 0 atom stereocenters. The number of carbonyl (C=O) groups excluding carboxylic acids is 2. The lowest BCUT2D eigenvalue weighted by Crippen LogP contribution is -2.37. The van der Waals surface area contributed by atoms with Crippen molar-refractivity contribution in [3.05, 3.63) is 35.6 Å². The van der Waals surface area contributed by atoms with Crippen LogP contribution in [0.3, 0.4) is 0 Å². The molecule has 17 heavy (non-hydrogen) atoms. The zero-order valence-electron chi connectivity index (χ0n) is 9.00. The van der Waals surface area contributed by atoms with Crippen molar-refractivity contribution in [1.29, 1.82) is 0 Å². The molecule has 6 heteroatoms. The van der Waals surface area contributed by atoms with Gasteiger partial charge in [-0.15, -0.1) is 11.6 Å². The third kappa shape index (κ3) is 5.31. The molecule has 92 valence electrons. The van der Waals surface area contributed by atoms with Gasteiger partial charge in [-0.1, -0.05) is 12.1 Å². The molecule has 0 saturated heterocycles. The van der Waals surface area contributed by atoms with E-state index in [0.29, 0.717) is 5.56 Å². The number of alkyl halides is 1. The number of rotatable bonds is 5. The lowest BCUT2D eigenvalue weighted by Gasteiger charge is -2.06. The zero-order valence-corrected chi connectivity index (χ0v) is 9.76. The third-order valence-electron chi connectivity index (χ3n) is 1.95. The second-order valence-electron chi connectivity index (χ2n) is 3.32. The summed E-state index contributed by atoms with van der Waals surface area (Å²) in [6.45, 7) is 0.0776. The van der Waals surface area contributed by atoms with Crippen molar-refractivity contribution < 1.29 is 14.0 Å². The largest absolute Gasteiger partial charge is 0.350 e. The number of hydrogen-bond donors (Lipinski definition) is 2. The van der Waals surface area contributed by atoms with Gasteiger partial charge in [-0.05, 0) is 17.7 Å². The van der Waals surface area contributed by atoms with Crippen LogP contribution in [0.1, 0.15) is 5.56 Å². The highest BCUT2D eigenvalue weighted by atomic mass is 35.5. The topological polar surface area (TPSA) is 58.2 Å².